The summed E-state index contributed by atoms with van der Waals surface area (Å²) in [4.78, 5) is 44.3. The predicted molar refractivity (Wildman–Crippen MR) is 84.7 cm³/mol. The highest BCUT2D eigenvalue weighted by molar-refractivity contribution is 5.96. The van der Waals surface area contributed by atoms with Crippen molar-refractivity contribution in [2.75, 3.05) is 0 Å². The van der Waals surface area contributed by atoms with Gasteiger partial charge >= 0.3 is 23.9 Å². The summed E-state index contributed by atoms with van der Waals surface area (Å²) in [5.74, 6) is -5.33. The van der Waals surface area contributed by atoms with Crippen LogP contribution in [0.2, 0.25) is 0 Å². The van der Waals surface area contributed by atoms with Crippen LogP contribution in [0.25, 0.3) is 0 Å². The number of aromatic carboxylic acids is 2. The average molecular weight is 360 g/mol. The van der Waals surface area contributed by atoms with Crippen molar-refractivity contribution in [2.24, 2.45) is 10.2 Å². The zero-order valence-corrected chi connectivity index (χ0v) is 13.0. The summed E-state index contributed by atoms with van der Waals surface area (Å²) in [6.07, 6.45) is 2.11. The van der Waals surface area contributed by atoms with Crippen LogP contribution in [-0.4, -0.2) is 50.3 Å². The van der Waals surface area contributed by atoms with Crippen molar-refractivity contribution in [1.29, 1.82) is 0 Å². The number of rotatable bonds is 6. The monoisotopic (exact) mass is 360 g/mol. The van der Waals surface area contributed by atoms with Gasteiger partial charge in [0.15, 0.2) is 0 Å². The van der Waals surface area contributed by atoms with Crippen molar-refractivity contribution in [2.45, 2.75) is 12.5 Å². The molecule has 0 saturated carbocycles. The number of carboxylic acid groups (broad SMARTS) is 4. The molecule has 1 aromatic carbocycles. The summed E-state index contributed by atoms with van der Waals surface area (Å²) in [6, 6.07) is 2.24. The minimum absolute atomic E-state index is 0.0704. The van der Waals surface area contributed by atoms with Crippen LogP contribution in [0.5, 0.6) is 0 Å². The summed E-state index contributed by atoms with van der Waals surface area (Å²) in [6.45, 7) is 0. The molecule has 1 aliphatic rings. The fourth-order valence-electron chi connectivity index (χ4n) is 2.20. The molecular weight excluding hydrogens is 348 g/mol. The molecule has 0 amide bonds. The van der Waals surface area contributed by atoms with Crippen molar-refractivity contribution in [3.63, 3.8) is 0 Å². The van der Waals surface area contributed by atoms with Gasteiger partial charge in [-0.05, 0) is 30.4 Å². The van der Waals surface area contributed by atoms with E-state index in [4.69, 9.17) is 20.4 Å². The summed E-state index contributed by atoms with van der Waals surface area (Å²) in [5, 5.41) is 43.7. The molecule has 1 atom stereocenters. The van der Waals surface area contributed by atoms with Crippen LogP contribution in [0.4, 0.5) is 5.69 Å². The Balaban J connectivity index is 2.36. The standard InChI is InChI=1S/C16H12N2O8/c19-13(20)7-1-8(14(21)22)4-11(3-7)17-18-12-5-9(15(23)24)2-10(6-12)16(25)26/h1-5,12H,6H2,(H,19,20)(H,21,22)(H,23,24)(H,25,26). The van der Waals surface area contributed by atoms with Crippen LogP contribution < -0.4 is 0 Å². The third-order valence-corrected chi connectivity index (χ3v) is 3.39. The number of hydrogen-bond acceptors (Lipinski definition) is 6. The minimum atomic E-state index is -1.36. The van der Waals surface area contributed by atoms with E-state index < -0.39 is 29.9 Å². The molecule has 0 heterocycles. The first-order valence-corrected chi connectivity index (χ1v) is 7.09. The lowest BCUT2D eigenvalue weighted by atomic mass is 9.96. The van der Waals surface area contributed by atoms with E-state index in [0.717, 1.165) is 24.3 Å². The quantitative estimate of drug-likeness (QED) is 0.557. The van der Waals surface area contributed by atoms with E-state index >= 15 is 0 Å². The van der Waals surface area contributed by atoms with E-state index in [9.17, 15) is 19.2 Å². The van der Waals surface area contributed by atoms with Gasteiger partial charge < -0.3 is 20.4 Å². The fourth-order valence-corrected chi connectivity index (χ4v) is 2.20. The molecule has 2 rings (SSSR count). The first-order valence-electron chi connectivity index (χ1n) is 7.09. The number of azo groups is 1. The third-order valence-electron chi connectivity index (χ3n) is 3.39. The molecule has 1 unspecified atom stereocenters. The van der Waals surface area contributed by atoms with E-state index in [1.807, 2.05) is 0 Å². The maximum atomic E-state index is 11.1. The van der Waals surface area contributed by atoms with Gasteiger partial charge in [-0.2, -0.15) is 10.2 Å². The Kier molecular flexibility index (Phi) is 5.26. The van der Waals surface area contributed by atoms with Gasteiger partial charge in [-0.3, -0.25) is 0 Å². The molecule has 10 heteroatoms. The number of nitrogens with zero attached hydrogens (tertiary/aromatic N) is 2. The van der Waals surface area contributed by atoms with Gasteiger partial charge in [0.1, 0.15) is 0 Å². The molecule has 1 aliphatic carbocycles. The van der Waals surface area contributed by atoms with Gasteiger partial charge in [0, 0.05) is 12.0 Å². The smallest absolute Gasteiger partial charge is 0.335 e. The Labute approximate surface area is 145 Å². The van der Waals surface area contributed by atoms with E-state index in [0.29, 0.717) is 0 Å². The summed E-state index contributed by atoms with van der Waals surface area (Å²) < 4.78 is 0. The summed E-state index contributed by atoms with van der Waals surface area (Å²) in [7, 11) is 0. The Morgan fingerprint density at radius 2 is 1.42 bits per heavy atom. The highest BCUT2D eigenvalue weighted by Crippen LogP contribution is 2.24. The highest BCUT2D eigenvalue weighted by Gasteiger charge is 2.22. The number of benzene rings is 1. The first-order chi connectivity index (χ1) is 12.2. The Bertz CT molecular complexity index is 865. The summed E-state index contributed by atoms with van der Waals surface area (Å²) in [5.41, 5.74) is -1.12. The normalized spacial score (nSPS) is 16.7. The third kappa shape index (κ3) is 4.38. The van der Waals surface area contributed by atoms with Crippen molar-refractivity contribution < 1.29 is 39.6 Å². The lowest BCUT2D eigenvalue weighted by molar-refractivity contribution is -0.132. The molecule has 0 aliphatic heterocycles. The Hall–Kier alpha value is -3.82. The second kappa shape index (κ2) is 7.38. The lowest BCUT2D eigenvalue weighted by Gasteiger charge is -2.13. The van der Waals surface area contributed by atoms with E-state index in [1.54, 1.807) is 0 Å². The molecule has 0 fully saturated rings. The number of aliphatic carboxylic acids is 2. The molecule has 0 bridgehead atoms. The van der Waals surface area contributed by atoms with Gasteiger partial charge in [-0.1, -0.05) is 0 Å². The van der Waals surface area contributed by atoms with Gasteiger partial charge in [-0.15, -0.1) is 0 Å². The maximum Gasteiger partial charge on any atom is 0.335 e. The van der Waals surface area contributed by atoms with Gasteiger partial charge in [0.2, 0.25) is 0 Å². The average Bonchev–Trinajstić information content (AvgIpc) is 2.59. The van der Waals surface area contributed by atoms with Crippen LogP contribution in [0.1, 0.15) is 27.1 Å². The van der Waals surface area contributed by atoms with Crippen LogP contribution in [0, 0.1) is 0 Å². The highest BCUT2D eigenvalue weighted by atomic mass is 16.4. The molecule has 134 valence electrons. The van der Waals surface area contributed by atoms with E-state index in [1.165, 1.54) is 6.08 Å². The summed E-state index contributed by atoms with van der Waals surface area (Å²) >= 11 is 0. The van der Waals surface area contributed by atoms with Crippen LogP contribution in [-0.2, 0) is 9.59 Å². The Morgan fingerprint density at radius 3 is 1.88 bits per heavy atom. The molecule has 1 aromatic rings. The second-order valence-electron chi connectivity index (χ2n) is 5.27. The molecule has 10 nitrogen and oxygen atoms in total. The van der Waals surface area contributed by atoms with Gasteiger partial charge in [-0.25, -0.2) is 19.2 Å². The van der Waals surface area contributed by atoms with Gasteiger partial charge in [0.25, 0.3) is 0 Å². The second-order valence-corrected chi connectivity index (χ2v) is 5.27. The number of carboxylic acids is 4. The van der Waals surface area contributed by atoms with Crippen LogP contribution in [0.15, 0.2) is 51.7 Å². The van der Waals surface area contributed by atoms with E-state index in [-0.39, 0.29) is 34.4 Å². The molecular formula is C16H12N2O8. The zero-order valence-electron chi connectivity index (χ0n) is 13.0. The predicted octanol–water partition coefficient (Wildman–Crippen LogP) is 1.96. The first kappa shape index (κ1) is 18.5. The topological polar surface area (TPSA) is 174 Å². The Morgan fingerprint density at radius 1 is 0.846 bits per heavy atom. The maximum absolute atomic E-state index is 11.1. The SMILES string of the molecule is O=C(O)C1=CC(N=Nc2cc(C(=O)O)cc(C(=O)O)c2)CC(C(=O)O)=C1. The minimum Gasteiger partial charge on any atom is -0.478 e. The van der Waals surface area contributed by atoms with Gasteiger partial charge in [0.05, 0.1) is 28.4 Å². The molecule has 0 radical (unpaired) electrons. The van der Waals surface area contributed by atoms with E-state index in [2.05, 4.69) is 10.2 Å². The van der Waals surface area contributed by atoms with Crippen molar-refractivity contribution in [3.8, 4) is 0 Å². The molecule has 0 aromatic heterocycles. The largest absolute Gasteiger partial charge is 0.478 e. The molecule has 0 saturated heterocycles. The fraction of sp³-hybridized carbons (Fsp3) is 0.125. The molecule has 4 N–H and O–H groups in total. The van der Waals surface area contributed by atoms with Crippen molar-refractivity contribution in [1.82, 2.24) is 0 Å². The zero-order chi connectivity index (χ0) is 19.4. The molecule has 26 heavy (non-hydrogen) atoms. The van der Waals surface area contributed by atoms with Crippen LogP contribution in [0.3, 0.4) is 0 Å². The van der Waals surface area contributed by atoms with Crippen molar-refractivity contribution in [3.05, 3.63) is 52.6 Å². The van der Waals surface area contributed by atoms with Crippen LogP contribution >= 0.6 is 0 Å². The number of carbonyl (C=O) groups is 4. The number of hydrogen-bond donors (Lipinski definition) is 4. The van der Waals surface area contributed by atoms with Crippen molar-refractivity contribution >= 4 is 29.6 Å². The lowest BCUT2D eigenvalue weighted by Crippen LogP contribution is -2.16. The molecule has 0 spiro atoms.